The van der Waals surface area contributed by atoms with Crippen molar-refractivity contribution in [3.05, 3.63) is 0 Å². The third-order valence-corrected chi connectivity index (χ3v) is 0. The van der Waals surface area contributed by atoms with Gasteiger partial charge in [0.1, 0.15) is 0 Å². The molecule has 0 rings (SSSR count). The maximum Gasteiger partial charge on any atom is 0.319 e. The van der Waals surface area contributed by atoms with Crippen molar-refractivity contribution in [2.45, 2.75) is 0 Å². The van der Waals surface area contributed by atoms with E-state index < -0.39 is 13.4 Å². The van der Waals surface area contributed by atoms with Crippen LogP contribution in [0.15, 0.2) is 0 Å². The Hall–Kier alpha value is 2.25. The predicted octanol–water partition coefficient (Wildman–Crippen LogP) is -1.62. The molecule has 0 unspecified atom stereocenters. The van der Waals surface area contributed by atoms with E-state index in [4.69, 9.17) is 29.4 Å². The Balaban J connectivity index is -0.000000107. The summed E-state index contributed by atoms with van der Waals surface area (Å²) in [6.07, 6.45) is 0. The average Bonchev–Trinajstić information content (AvgIpc) is 1.12. The average molecular weight is 367 g/mol. The van der Waals surface area contributed by atoms with Crippen LogP contribution in [-0.4, -0.2) is 29.4 Å². The van der Waals surface area contributed by atoms with Gasteiger partial charge in [-0.25, -0.2) is 0 Å². The van der Waals surface area contributed by atoms with Crippen LogP contribution in [0.5, 0.6) is 0 Å². The Morgan fingerprint density at radius 3 is 0.636 bits per heavy atom. The van der Waals surface area contributed by atoms with E-state index in [1.807, 2.05) is 0 Å². The molecule has 1 radical (unpaired) electrons. The molecule has 0 saturated carbocycles. The summed E-state index contributed by atoms with van der Waals surface area (Å²) >= 11 is 7.21. The van der Waals surface area contributed by atoms with Crippen molar-refractivity contribution >= 4 is 37.1 Å². The normalized spacial score (nSPS) is 10.7. The van der Waals surface area contributed by atoms with Gasteiger partial charge in [0.05, 0.1) is 0 Å². The van der Waals surface area contributed by atoms with Crippen molar-refractivity contribution in [1.29, 1.82) is 0 Å². The fourth-order valence-electron chi connectivity index (χ4n) is 0. The minimum atomic E-state index is -3.81. The zero-order chi connectivity index (χ0) is 9.00. The molecule has 6 N–H and O–H groups in total. The molecule has 0 amide bonds. The SMILES string of the molecule is OP(O)(O)=S.OP(O)(O)=S.[La]. The summed E-state index contributed by atoms with van der Waals surface area (Å²) in [6.45, 7) is -7.61. The molecule has 0 bridgehead atoms. The van der Waals surface area contributed by atoms with E-state index in [9.17, 15) is 0 Å². The summed E-state index contributed by atoms with van der Waals surface area (Å²) in [7, 11) is 0. The molecule has 0 aliphatic heterocycles. The molecule has 0 aromatic carbocycles. The van der Waals surface area contributed by atoms with Gasteiger partial charge in [-0.05, 0) is 23.6 Å². The second kappa shape index (κ2) is 7.64. The van der Waals surface area contributed by atoms with Gasteiger partial charge in [-0.1, -0.05) is 0 Å². The topological polar surface area (TPSA) is 121 Å². The Morgan fingerprint density at radius 2 is 0.636 bits per heavy atom. The van der Waals surface area contributed by atoms with E-state index in [2.05, 4.69) is 23.6 Å². The molecule has 0 aliphatic rings. The van der Waals surface area contributed by atoms with Gasteiger partial charge in [-0.3, -0.25) is 0 Å². The van der Waals surface area contributed by atoms with Gasteiger partial charge in [0, 0.05) is 35.6 Å². The molecule has 6 nitrogen and oxygen atoms in total. The van der Waals surface area contributed by atoms with Crippen LogP contribution < -0.4 is 0 Å². The van der Waals surface area contributed by atoms with Gasteiger partial charge in [-0.2, -0.15) is 0 Å². The summed E-state index contributed by atoms with van der Waals surface area (Å²) in [5.41, 5.74) is 0. The van der Waals surface area contributed by atoms with Crippen LogP contribution in [0.1, 0.15) is 0 Å². The van der Waals surface area contributed by atoms with Crippen LogP contribution in [0.3, 0.4) is 0 Å². The summed E-state index contributed by atoms with van der Waals surface area (Å²) in [5.74, 6) is 0. The molecule has 0 fully saturated rings. The zero-order valence-electron chi connectivity index (χ0n) is 4.97. The first kappa shape index (κ1) is 18.9. The quantitative estimate of drug-likeness (QED) is 0.283. The van der Waals surface area contributed by atoms with Gasteiger partial charge < -0.3 is 29.4 Å². The fourth-order valence-corrected chi connectivity index (χ4v) is 0. The first-order valence-corrected chi connectivity index (χ1v) is 6.89. The molecule has 0 aliphatic carbocycles. The standard InChI is InChI=1S/La.2H3O3PS/c;2*1-4(2,3)5/h;2*(H3,1,2,3,5). The monoisotopic (exact) mass is 367 g/mol. The smallest absolute Gasteiger partial charge is 0.319 e. The van der Waals surface area contributed by atoms with Crippen molar-refractivity contribution in [2.75, 3.05) is 0 Å². The van der Waals surface area contributed by atoms with E-state index in [0.29, 0.717) is 0 Å². The summed E-state index contributed by atoms with van der Waals surface area (Å²) in [5, 5.41) is 0. The first-order valence-electron chi connectivity index (χ1n) is 1.57. The van der Waals surface area contributed by atoms with Crippen molar-refractivity contribution < 1.29 is 65.0 Å². The predicted molar refractivity (Wildman–Crippen MR) is 41.9 cm³/mol. The Labute approximate surface area is 101 Å². The van der Waals surface area contributed by atoms with Gasteiger partial charge in [-0.15, -0.1) is 0 Å². The van der Waals surface area contributed by atoms with Crippen LogP contribution in [0.4, 0.5) is 0 Å². The van der Waals surface area contributed by atoms with E-state index >= 15 is 0 Å². The van der Waals surface area contributed by atoms with Gasteiger partial charge in [0.15, 0.2) is 0 Å². The molecule has 67 valence electrons. The van der Waals surface area contributed by atoms with Crippen molar-refractivity contribution in [2.24, 2.45) is 0 Å². The molecular weight excluding hydrogens is 361 g/mol. The fraction of sp³-hybridized carbons (Fsp3) is 0. The van der Waals surface area contributed by atoms with Gasteiger partial charge in [0.25, 0.3) is 0 Å². The van der Waals surface area contributed by atoms with Crippen LogP contribution in [-0.2, 0) is 23.6 Å². The number of rotatable bonds is 0. The third-order valence-electron chi connectivity index (χ3n) is 0. The second-order valence-electron chi connectivity index (χ2n) is 1.03. The molecule has 0 aromatic rings. The second-order valence-corrected chi connectivity index (χ2v) is 6.02. The molecule has 0 atom stereocenters. The Bertz CT molecular complexity index is 131. The van der Waals surface area contributed by atoms with Crippen LogP contribution in [0.25, 0.3) is 0 Å². The summed E-state index contributed by atoms with van der Waals surface area (Å²) < 4.78 is 0. The van der Waals surface area contributed by atoms with E-state index in [-0.39, 0.29) is 35.6 Å². The molecule has 0 heterocycles. The number of hydrogen-bond acceptors (Lipinski definition) is 2. The largest absolute Gasteiger partial charge is 0.325 e. The Morgan fingerprint density at radius 1 is 0.636 bits per heavy atom. The minimum absolute atomic E-state index is 0. The molecule has 0 saturated heterocycles. The van der Waals surface area contributed by atoms with Crippen molar-refractivity contribution in [1.82, 2.24) is 0 Å². The first-order chi connectivity index (χ1) is 4.00. The maximum atomic E-state index is 7.56. The van der Waals surface area contributed by atoms with Crippen LogP contribution >= 0.6 is 13.4 Å². The van der Waals surface area contributed by atoms with Crippen molar-refractivity contribution in [3.63, 3.8) is 0 Å². The Kier molecular flexibility index (Phi) is 13.1. The van der Waals surface area contributed by atoms with E-state index in [1.165, 1.54) is 0 Å². The zero-order valence-corrected chi connectivity index (χ0v) is 12.0. The summed E-state index contributed by atoms with van der Waals surface area (Å²) in [6, 6.07) is 0. The molecule has 11 heteroatoms. The van der Waals surface area contributed by atoms with Crippen LogP contribution in [0.2, 0.25) is 0 Å². The summed E-state index contributed by atoms with van der Waals surface area (Å²) in [4.78, 5) is 45.3. The van der Waals surface area contributed by atoms with Crippen LogP contribution in [0, 0.1) is 35.6 Å². The molecule has 0 spiro atoms. The maximum absolute atomic E-state index is 7.56. The molecule has 0 aromatic heterocycles. The third kappa shape index (κ3) is 253. The molecular formula is H6LaO6P2S2. The number of hydrogen-bond donors (Lipinski definition) is 6. The molecule has 11 heavy (non-hydrogen) atoms. The minimum Gasteiger partial charge on any atom is -0.325 e. The van der Waals surface area contributed by atoms with Gasteiger partial charge >= 0.3 is 13.4 Å². The van der Waals surface area contributed by atoms with E-state index in [0.717, 1.165) is 0 Å². The van der Waals surface area contributed by atoms with Crippen molar-refractivity contribution in [3.8, 4) is 0 Å². The van der Waals surface area contributed by atoms with E-state index in [1.54, 1.807) is 0 Å². The van der Waals surface area contributed by atoms with Gasteiger partial charge in [0.2, 0.25) is 0 Å².